The molecule has 59 heavy (non-hydrogen) atoms. The van der Waals surface area contributed by atoms with Crippen molar-refractivity contribution in [2.24, 2.45) is 0 Å². The molecule has 0 saturated heterocycles. The van der Waals surface area contributed by atoms with Gasteiger partial charge in [0.05, 0.1) is 0 Å². The topological polar surface area (TPSA) is 3.24 Å². The van der Waals surface area contributed by atoms with Gasteiger partial charge in [0.1, 0.15) is 0 Å². The second-order valence-electron chi connectivity index (χ2n) is 14.9. The minimum atomic E-state index is 1.08. The van der Waals surface area contributed by atoms with Crippen molar-refractivity contribution in [3.8, 4) is 66.8 Å². The Kier molecular flexibility index (Phi) is 9.68. The molecule has 1 nitrogen and oxygen atoms in total. The monoisotopic (exact) mass is 751 g/mol. The molecule has 1 heteroatoms. The Morgan fingerprint density at radius 2 is 0.627 bits per heavy atom. The SMILES string of the molecule is c1ccc(-c2ccc(N(c3ccc(-c4cccc5ccccc45)cc3)c3cccc(-c4c(-c5ccccc5)cc(-c5ccccc5)cc4-c4ccccc4)c3)cc2)cc1. The molecule has 0 unspecified atom stereocenters. The highest BCUT2D eigenvalue weighted by molar-refractivity contribution is 5.99. The lowest BCUT2D eigenvalue weighted by Crippen LogP contribution is -2.10. The Hall–Kier alpha value is -7.74. The Morgan fingerprint density at radius 3 is 1.20 bits per heavy atom. The minimum absolute atomic E-state index is 1.08. The van der Waals surface area contributed by atoms with Crippen LogP contribution in [0, 0.1) is 0 Å². The third kappa shape index (κ3) is 7.23. The smallest absolute Gasteiger partial charge is 0.0467 e. The van der Waals surface area contributed by atoms with Gasteiger partial charge in [-0.05, 0) is 126 Å². The maximum Gasteiger partial charge on any atom is 0.0467 e. The molecule has 0 aliphatic carbocycles. The van der Waals surface area contributed by atoms with Crippen LogP contribution in [0.15, 0.2) is 249 Å². The maximum atomic E-state index is 2.38. The van der Waals surface area contributed by atoms with Gasteiger partial charge in [0.25, 0.3) is 0 Å². The standard InChI is InChI=1S/C58H41N/c1-5-17-42(18-6-1)44-31-35-51(36-32-44)59(52-37-33-48(34-38-52)55-30-16-26-45-25-13-14-29-54(45)55)53-28-15-27-49(39-53)58-56(46-21-9-3-10-22-46)40-50(43-19-7-2-8-20-43)41-57(58)47-23-11-4-12-24-47/h1-41H. The number of hydrogen-bond acceptors (Lipinski definition) is 1. The van der Waals surface area contributed by atoms with E-state index >= 15 is 0 Å². The molecule has 0 spiro atoms. The molecule has 0 atom stereocenters. The van der Waals surface area contributed by atoms with Crippen molar-refractivity contribution in [1.82, 2.24) is 0 Å². The average Bonchev–Trinajstić information content (AvgIpc) is 3.33. The highest BCUT2D eigenvalue weighted by atomic mass is 15.1. The van der Waals surface area contributed by atoms with Gasteiger partial charge >= 0.3 is 0 Å². The van der Waals surface area contributed by atoms with Crippen LogP contribution in [-0.4, -0.2) is 0 Å². The van der Waals surface area contributed by atoms with Gasteiger partial charge in [0, 0.05) is 17.1 Å². The molecule has 10 aromatic rings. The highest BCUT2D eigenvalue weighted by Crippen LogP contribution is 2.46. The molecule has 0 aliphatic rings. The van der Waals surface area contributed by atoms with Crippen molar-refractivity contribution in [3.05, 3.63) is 249 Å². The van der Waals surface area contributed by atoms with E-state index in [2.05, 4.69) is 254 Å². The van der Waals surface area contributed by atoms with Crippen LogP contribution < -0.4 is 4.90 Å². The molecule has 0 aliphatic heterocycles. The van der Waals surface area contributed by atoms with Crippen molar-refractivity contribution in [2.75, 3.05) is 4.90 Å². The molecular weight excluding hydrogens is 711 g/mol. The van der Waals surface area contributed by atoms with E-state index in [0.29, 0.717) is 0 Å². The Morgan fingerprint density at radius 1 is 0.220 bits per heavy atom. The molecule has 0 amide bonds. The molecule has 0 radical (unpaired) electrons. The summed E-state index contributed by atoms with van der Waals surface area (Å²) >= 11 is 0. The van der Waals surface area contributed by atoms with Gasteiger partial charge in [-0.3, -0.25) is 0 Å². The molecule has 0 heterocycles. The van der Waals surface area contributed by atoms with Gasteiger partial charge in [0.2, 0.25) is 0 Å². The van der Waals surface area contributed by atoms with Crippen molar-refractivity contribution in [3.63, 3.8) is 0 Å². The van der Waals surface area contributed by atoms with Gasteiger partial charge in [-0.2, -0.15) is 0 Å². The van der Waals surface area contributed by atoms with Crippen molar-refractivity contribution in [1.29, 1.82) is 0 Å². The van der Waals surface area contributed by atoms with Crippen LogP contribution in [0.2, 0.25) is 0 Å². The first-order valence-corrected chi connectivity index (χ1v) is 20.3. The maximum absolute atomic E-state index is 2.38. The summed E-state index contributed by atoms with van der Waals surface area (Å²) in [4.78, 5) is 2.38. The fraction of sp³-hybridized carbons (Fsp3) is 0. The summed E-state index contributed by atoms with van der Waals surface area (Å²) in [5, 5.41) is 2.50. The lowest BCUT2D eigenvalue weighted by molar-refractivity contribution is 1.28. The lowest BCUT2D eigenvalue weighted by atomic mass is 9.84. The van der Waals surface area contributed by atoms with Gasteiger partial charge in [-0.15, -0.1) is 0 Å². The summed E-state index contributed by atoms with van der Waals surface area (Å²) in [5.74, 6) is 0. The van der Waals surface area contributed by atoms with Crippen LogP contribution in [-0.2, 0) is 0 Å². The first kappa shape index (κ1) is 35.7. The summed E-state index contributed by atoms with van der Waals surface area (Å²) in [5.41, 5.74) is 17.6. The Bertz CT molecular complexity index is 2920. The van der Waals surface area contributed by atoms with Gasteiger partial charge in [-0.25, -0.2) is 0 Å². The first-order chi connectivity index (χ1) is 29.3. The minimum Gasteiger partial charge on any atom is -0.310 e. The zero-order chi connectivity index (χ0) is 39.4. The van der Waals surface area contributed by atoms with Crippen LogP contribution in [0.3, 0.4) is 0 Å². The summed E-state index contributed by atoms with van der Waals surface area (Å²) in [6, 6.07) is 89.9. The average molecular weight is 752 g/mol. The zero-order valence-corrected chi connectivity index (χ0v) is 32.6. The summed E-state index contributed by atoms with van der Waals surface area (Å²) in [6.45, 7) is 0. The van der Waals surface area contributed by atoms with Crippen LogP contribution >= 0.6 is 0 Å². The van der Waals surface area contributed by atoms with Gasteiger partial charge < -0.3 is 4.90 Å². The molecule has 10 aromatic carbocycles. The molecule has 10 rings (SSSR count). The van der Waals surface area contributed by atoms with Crippen LogP contribution in [0.1, 0.15) is 0 Å². The highest BCUT2D eigenvalue weighted by Gasteiger charge is 2.20. The quantitative estimate of drug-likeness (QED) is 0.142. The van der Waals surface area contributed by atoms with E-state index in [-0.39, 0.29) is 0 Å². The van der Waals surface area contributed by atoms with E-state index in [1.165, 1.54) is 72.0 Å². The number of nitrogens with zero attached hydrogens (tertiary/aromatic N) is 1. The van der Waals surface area contributed by atoms with E-state index in [9.17, 15) is 0 Å². The van der Waals surface area contributed by atoms with Crippen molar-refractivity contribution in [2.45, 2.75) is 0 Å². The molecule has 278 valence electrons. The third-order valence-corrected chi connectivity index (χ3v) is 11.3. The van der Waals surface area contributed by atoms with Gasteiger partial charge in [-0.1, -0.05) is 200 Å². The number of anilines is 3. The normalized spacial score (nSPS) is 11.1. The molecule has 0 N–H and O–H groups in total. The number of benzene rings is 10. The Balaban J connectivity index is 1.15. The zero-order valence-electron chi connectivity index (χ0n) is 32.6. The van der Waals surface area contributed by atoms with E-state index in [0.717, 1.165) is 22.6 Å². The largest absolute Gasteiger partial charge is 0.310 e. The van der Waals surface area contributed by atoms with Crippen molar-refractivity contribution < 1.29 is 0 Å². The second-order valence-corrected chi connectivity index (χ2v) is 14.9. The van der Waals surface area contributed by atoms with E-state index < -0.39 is 0 Å². The third-order valence-electron chi connectivity index (χ3n) is 11.3. The number of fused-ring (bicyclic) bond motifs is 1. The summed E-state index contributed by atoms with van der Waals surface area (Å²) in [7, 11) is 0. The lowest BCUT2D eigenvalue weighted by Gasteiger charge is -2.27. The van der Waals surface area contributed by atoms with Crippen LogP contribution in [0.5, 0.6) is 0 Å². The fourth-order valence-electron chi connectivity index (χ4n) is 8.39. The van der Waals surface area contributed by atoms with E-state index in [1.54, 1.807) is 0 Å². The molecule has 0 aromatic heterocycles. The van der Waals surface area contributed by atoms with Gasteiger partial charge in [0.15, 0.2) is 0 Å². The van der Waals surface area contributed by atoms with E-state index in [4.69, 9.17) is 0 Å². The molecule has 0 saturated carbocycles. The molecular formula is C58H41N. The number of hydrogen-bond donors (Lipinski definition) is 0. The fourth-order valence-corrected chi connectivity index (χ4v) is 8.39. The Labute approximate surface area is 346 Å². The molecule has 0 bridgehead atoms. The van der Waals surface area contributed by atoms with Crippen molar-refractivity contribution >= 4 is 27.8 Å². The predicted molar refractivity (Wildman–Crippen MR) is 251 cm³/mol. The summed E-state index contributed by atoms with van der Waals surface area (Å²) < 4.78 is 0. The number of rotatable bonds is 9. The van der Waals surface area contributed by atoms with E-state index in [1.807, 2.05) is 0 Å². The predicted octanol–water partition coefficient (Wildman–Crippen LogP) is 16.3. The summed E-state index contributed by atoms with van der Waals surface area (Å²) in [6.07, 6.45) is 0. The molecule has 0 fully saturated rings. The second kappa shape index (κ2) is 16.0. The first-order valence-electron chi connectivity index (χ1n) is 20.3. The van der Waals surface area contributed by atoms with Crippen LogP contribution in [0.4, 0.5) is 17.1 Å². The van der Waals surface area contributed by atoms with Crippen LogP contribution in [0.25, 0.3) is 77.5 Å².